The molecule has 1 aromatic rings. The zero-order valence-corrected chi connectivity index (χ0v) is 4.81. The van der Waals surface area contributed by atoms with Crippen LogP contribution < -0.4 is 5.73 Å². The van der Waals surface area contributed by atoms with E-state index in [1.54, 1.807) is 12.1 Å². The van der Waals surface area contributed by atoms with Crippen molar-refractivity contribution in [3.8, 4) is 0 Å². The summed E-state index contributed by atoms with van der Waals surface area (Å²) in [5, 5.41) is 0. The lowest BCUT2D eigenvalue weighted by atomic mass is 10.2. The van der Waals surface area contributed by atoms with E-state index in [1.807, 2.05) is 13.0 Å². The van der Waals surface area contributed by atoms with E-state index >= 15 is 0 Å². The van der Waals surface area contributed by atoms with Crippen molar-refractivity contribution in [2.24, 2.45) is 0 Å². The van der Waals surface area contributed by atoms with Crippen LogP contribution in [0.5, 0.6) is 0 Å². The van der Waals surface area contributed by atoms with Crippen LogP contribution in [0.4, 0.5) is 5.69 Å². The summed E-state index contributed by atoms with van der Waals surface area (Å²) < 4.78 is 7.24. The Hall–Kier alpha value is -0.980. The molecule has 1 rings (SSSR count). The number of nitrogen functional groups attached to an aromatic ring is 1. The molecule has 0 aliphatic rings. The average Bonchev–Trinajstić information content (AvgIpc) is 1.80. The smallest absolute Gasteiger partial charge is 0.0645 e. The minimum absolute atomic E-state index is 0.412. The van der Waals surface area contributed by atoms with Crippen LogP contribution in [-0.4, -0.2) is 0 Å². The Bertz CT molecular complexity index is 220. The Labute approximate surface area is 50.5 Å². The molecule has 0 atom stereocenters. The molecule has 8 heavy (non-hydrogen) atoms. The zero-order valence-electron chi connectivity index (χ0n) is 5.81. The molecule has 0 radical (unpaired) electrons. The number of hydrogen-bond acceptors (Lipinski definition) is 1. The third-order valence-electron chi connectivity index (χ3n) is 0.992. The number of aryl methyl sites for hydroxylation is 1. The first-order chi connectivity index (χ1) is 4.20. The Balaban J connectivity index is 3.17. The summed E-state index contributed by atoms with van der Waals surface area (Å²) >= 11 is 0. The fraction of sp³-hybridized carbons (Fsp3) is 0.143. The number of anilines is 1. The third kappa shape index (κ3) is 0.997. The lowest BCUT2D eigenvalue weighted by molar-refractivity contribution is 1.47. The van der Waals surface area contributed by atoms with Crippen LogP contribution in [0.15, 0.2) is 24.2 Å². The third-order valence-corrected chi connectivity index (χ3v) is 0.992. The summed E-state index contributed by atoms with van der Waals surface area (Å²) in [7, 11) is 0. The second-order valence-corrected chi connectivity index (χ2v) is 1.82. The Morgan fingerprint density at radius 2 is 2.25 bits per heavy atom. The molecule has 0 aliphatic heterocycles. The Morgan fingerprint density at radius 1 is 1.50 bits per heavy atom. The van der Waals surface area contributed by atoms with Crippen molar-refractivity contribution in [1.29, 1.82) is 0 Å². The second-order valence-electron chi connectivity index (χ2n) is 1.82. The van der Waals surface area contributed by atoms with Crippen molar-refractivity contribution < 1.29 is 1.37 Å². The first kappa shape index (κ1) is 3.96. The fourth-order valence-corrected chi connectivity index (χ4v) is 0.515. The molecule has 1 aromatic carbocycles. The number of benzene rings is 1. The molecule has 2 N–H and O–H groups in total. The van der Waals surface area contributed by atoms with E-state index in [2.05, 4.69) is 0 Å². The second kappa shape index (κ2) is 1.86. The molecule has 1 nitrogen and oxygen atoms in total. The molecule has 0 saturated carbocycles. The molecule has 0 spiro atoms. The largest absolute Gasteiger partial charge is 0.399 e. The van der Waals surface area contributed by atoms with E-state index in [9.17, 15) is 0 Å². The quantitative estimate of drug-likeness (QED) is 0.502. The minimum Gasteiger partial charge on any atom is -0.399 e. The van der Waals surface area contributed by atoms with Crippen molar-refractivity contribution in [1.82, 2.24) is 0 Å². The van der Waals surface area contributed by atoms with E-state index in [1.165, 1.54) is 0 Å². The molecular weight excluding hydrogens is 98.1 g/mol. The van der Waals surface area contributed by atoms with E-state index < -0.39 is 0 Å². The highest BCUT2D eigenvalue weighted by Gasteiger charge is 1.80. The molecule has 0 unspecified atom stereocenters. The maximum absolute atomic E-state index is 7.24. The molecule has 0 heterocycles. The lowest BCUT2D eigenvalue weighted by Gasteiger charge is -1.90. The number of nitrogens with two attached hydrogens (primary N) is 1. The van der Waals surface area contributed by atoms with Gasteiger partial charge in [-0.3, -0.25) is 0 Å². The molecule has 42 valence electrons. The summed E-state index contributed by atoms with van der Waals surface area (Å²) in [4.78, 5) is 0. The summed E-state index contributed by atoms with van der Waals surface area (Å²) in [6, 6.07) is 5.80. The van der Waals surface area contributed by atoms with E-state index in [4.69, 9.17) is 7.10 Å². The van der Waals surface area contributed by atoms with Gasteiger partial charge >= 0.3 is 0 Å². The first-order valence-electron chi connectivity index (χ1n) is 3.03. The summed E-state index contributed by atoms with van der Waals surface area (Å²) in [6.45, 7) is 1.94. The van der Waals surface area contributed by atoms with E-state index in [-0.39, 0.29) is 0 Å². The van der Waals surface area contributed by atoms with Gasteiger partial charge in [0, 0.05) is 5.69 Å². The number of rotatable bonds is 0. The number of hydrogen-bond donors (Lipinski definition) is 1. The molecule has 0 bridgehead atoms. The highest BCUT2D eigenvalue weighted by atomic mass is 14.5. The molecule has 0 saturated heterocycles. The highest BCUT2D eigenvalue weighted by Crippen LogP contribution is 2.02. The van der Waals surface area contributed by atoms with Crippen molar-refractivity contribution in [3.63, 3.8) is 0 Å². The van der Waals surface area contributed by atoms with Gasteiger partial charge in [-0.05, 0) is 19.0 Å². The molecule has 0 aliphatic carbocycles. The SMILES string of the molecule is [2H]c1cc(C)ccc1N. The molecule has 0 fully saturated rings. The van der Waals surface area contributed by atoms with Crippen LogP contribution in [0, 0.1) is 6.92 Å². The maximum Gasteiger partial charge on any atom is 0.0645 e. The van der Waals surface area contributed by atoms with Crippen molar-refractivity contribution in [3.05, 3.63) is 29.8 Å². The van der Waals surface area contributed by atoms with Crippen molar-refractivity contribution >= 4 is 5.69 Å². The van der Waals surface area contributed by atoms with Crippen LogP contribution in [-0.2, 0) is 0 Å². The van der Waals surface area contributed by atoms with Gasteiger partial charge in [-0.25, -0.2) is 0 Å². The van der Waals surface area contributed by atoms with E-state index in [0.29, 0.717) is 11.7 Å². The highest BCUT2D eigenvalue weighted by molar-refractivity contribution is 5.38. The van der Waals surface area contributed by atoms with Crippen LogP contribution >= 0.6 is 0 Å². The van der Waals surface area contributed by atoms with Gasteiger partial charge in [0.15, 0.2) is 0 Å². The van der Waals surface area contributed by atoms with Crippen molar-refractivity contribution in [2.45, 2.75) is 6.92 Å². The maximum atomic E-state index is 7.24. The predicted octanol–water partition coefficient (Wildman–Crippen LogP) is 1.58. The minimum atomic E-state index is 0.412. The zero-order chi connectivity index (χ0) is 6.85. The summed E-state index contributed by atoms with van der Waals surface area (Å²) in [5.41, 5.74) is 7.02. The first-order valence-corrected chi connectivity index (χ1v) is 2.53. The standard InChI is InChI=1S/C7H9N/c1-6-2-4-7(8)5-3-6/h2-5H,8H2,1H3/i4D. The Morgan fingerprint density at radius 3 is 2.75 bits per heavy atom. The Kier molecular flexibility index (Phi) is 0.922. The van der Waals surface area contributed by atoms with Gasteiger partial charge in [0.2, 0.25) is 0 Å². The van der Waals surface area contributed by atoms with Crippen molar-refractivity contribution in [2.75, 3.05) is 5.73 Å². The summed E-state index contributed by atoms with van der Waals surface area (Å²) in [5.74, 6) is 0. The summed E-state index contributed by atoms with van der Waals surface area (Å²) in [6.07, 6.45) is 0. The fourth-order valence-electron chi connectivity index (χ4n) is 0.515. The molecule has 0 aromatic heterocycles. The van der Waals surface area contributed by atoms with Crippen LogP contribution in [0.1, 0.15) is 6.93 Å². The molecule has 1 heteroatoms. The monoisotopic (exact) mass is 108 g/mol. The topological polar surface area (TPSA) is 26.0 Å². The van der Waals surface area contributed by atoms with Gasteiger partial charge in [0.05, 0.1) is 1.37 Å². The van der Waals surface area contributed by atoms with Gasteiger partial charge in [-0.15, -0.1) is 0 Å². The predicted molar refractivity (Wildman–Crippen MR) is 35.6 cm³/mol. The van der Waals surface area contributed by atoms with E-state index in [0.717, 1.165) is 5.56 Å². The normalized spacial score (nSPS) is 10.9. The molecular formula is C7H9N. The molecule has 0 amide bonds. The van der Waals surface area contributed by atoms with Gasteiger partial charge in [0.1, 0.15) is 0 Å². The van der Waals surface area contributed by atoms with Gasteiger partial charge in [0.25, 0.3) is 0 Å². The van der Waals surface area contributed by atoms with Gasteiger partial charge in [-0.1, -0.05) is 17.7 Å². The van der Waals surface area contributed by atoms with Gasteiger partial charge < -0.3 is 5.73 Å². The van der Waals surface area contributed by atoms with Crippen LogP contribution in [0.2, 0.25) is 0 Å². The van der Waals surface area contributed by atoms with Crippen LogP contribution in [0.25, 0.3) is 0 Å². The lowest BCUT2D eigenvalue weighted by Crippen LogP contribution is -1.81. The van der Waals surface area contributed by atoms with Crippen LogP contribution in [0.3, 0.4) is 0 Å². The average molecular weight is 108 g/mol. The van der Waals surface area contributed by atoms with Gasteiger partial charge in [-0.2, -0.15) is 0 Å².